The van der Waals surface area contributed by atoms with Crippen LogP contribution in [0.2, 0.25) is 0 Å². The highest BCUT2D eigenvalue weighted by atomic mass is 32.2. The van der Waals surface area contributed by atoms with Gasteiger partial charge in [0.25, 0.3) is 5.56 Å². The zero-order chi connectivity index (χ0) is 9.71. The number of aromatic nitrogens is 2. The van der Waals surface area contributed by atoms with Crippen LogP contribution >= 0.6 is 23.1 Å². The molecule has 1 aliphatic rings. The minimum atomic E-state index is 0.114. The van der Waals surface area contributed by atoms with Crippen molar-refractivity contribution in [1.29, 1.82) is 0 Å². The van der Waals surface area contributed by atoms with Gasteiger partial charge in [-0.3, -0.25) is 9.36 Å². The van der Waals surface area contributed by atoms with Crippen LogP contribution in [0.25, 0.3) is 10.2 Å². The molecule has 0 fully saturated rings. The second-order valence-electron chi connectivity index (χ2n) is 3.38. The molecule has 3 nitrogen and oxygen atoms in total. The fourth-order valence-corrected chi connectivity index (χ4v) is 3.48. The van der Waals surface area contributed by atoms with Crippen molar-refractivity contribution in [2.45, 2.75) is 23.9 Å². The Labute approximate surface area is 88.8 Å². The van der Waals surface area contributed by atoms with Crippen LogP contribution in [0.1, 0.15) is 6.92 Å². The molecule has 3 rings (SSSR count). The second-order valence-corrected chi connectivity index (χ2v) is 5.68. The maximum absolute atomic E-state index is 11.9. The number of fused-ring (bicyclic) bond motifs is 2. The average Bonchev–Trinajstić information content (AvgIpc) is 2.71. The molecule has 0 aliphatic carbocycles. The summed E-state index contributed by atoms with van der Waals surface area (Å²) in [5.74, 6) is 0. The topological polar surface area (TPSA) is 34.9 Å². The lowest BCUT2D eigenvalue weighted by molar-refractivity contribution is 0.629. The molecule has 0 amide bonds. The Morgan fingerprint density at radius 2 is 2.50 bits per heavy atom. The third-order valence-electron chi connectivity index (χ3n) is 2.29. The van der Waals surface area contributed by atoms with E-state index in [4.69, 9.17) is 0 Å². The van der Waals surface area contributed by atoms with Gasteiger partial charge in [-0.05, 0) is 11.4 Å². The van der Waals surface area contributed by atoms with Gasteiger partial charge in [-0.15, -0.1) is 11.3 Å². The molecule has 14 heavy (non-hydrogen) atoms. The Morgan fingerprint density at radius 1 is 1.64 bits per heavy atom. The summed E-state index contributed by atoms with van der Waals surface area (Å²) in [5.41, 5.74) is 0.114. The second kappa shape index (κ2) is 2.84. The fourth-order valence-electron chi connectivity index (χ4n) is 1.66. The number of thioether (sulfide) groups is 1. The molecule has 0 N–H and O–H groups in total. The smallest absolute Gasteiger partial charge is 0.262 e. The number of hydrogen-bond acceptors (Lipinski definition) is 4. The van der Waals surface area contributed by atoms with E-state index in [2.05, 4.69) is 11.9 Å². The summed E-state index contributed by atoms with van der Waals surface area (Å²) in [4.78, 5) is 17.3. The fraction of sp³-hybridized carbons (Fsp3) is 0.333. The van der Waals surface area contributed by atoms with Crippen LogP contribution in [0.4, 0.5) is 0 Å². The Kier molecular flexibility index (Phi) is 1.72. The van der Waals surface area contributed by atoms with Crippen molar-refractivity contribution < 1.29 is 0 Å². The van der Waals surface area contributed by atoms with Gasteiger partial charge in [0, 0.05) is 11.8 Å². The van der Waals surface area contributed by atoms with Gasteiger partial charge >= 0.3 is 0 Å². The normalized spacial score (nSPS) is 20.2. The first kappa shape index (κ1) is 8.49. The van der Waals surface area contributed by atoms with Crippen molar-refractivity contribution in [2.75, 3.05) is 0 Å². The van der Waals surface area contributed by atoms with Gasteiger partial charge in [-0.1, -0.05) is 18.7 Å². The van der Waals surface area contributed by atoms with Gasteiger partial charge in [0.2, 0.25) is 0 Å². The predicted octanol–water partition coefficient (Wildman–Crippen LogP) is 1.95. The number of rotatable bonds is 0. The minimum Gasteiger partial charge on any atom is -0.286 e. The highest BCUT2D eigenvalue weighted by molar-refractivity contribution is 7.99. The summed E-state index contributed by atoms with van der Waals surface area (Å²) in [6, 6.07) is 1.86. The van der Waals surface area contributed by atoms with E-state index in [1.807, 2.05) is 11.4 Å². The van der Waals surface area contributed by atoms with Gasteiger partial charge in [0.1, 0.15) is 4.83 Å². The van der Waals surface area contributed by atoms with E-state index in [1.165, 1.54) is 11.3 Å². The Morgan fingerprint density at radius 3 is 3.36 bits per heavy atom. The van der Waals surface area contributed by atoms with Gasteiger partial charge < -0.3 is 0 Å². The first-order chi connectivity index (χ1) is 6.75. The summed E-state index contributed by atoms with van der Waals surface area (Å²) in [5, 5.41) is 4.01. The van der Waals surface area contributed by atoms with E-state index in [0.29, 0.717) is 5.25 Å². The molecule has 0 spiro atoms. The molecule has 0 bridgehead atoms. The molecule has 0 radical (unpaired) electrons. The lowest BCUT2D eigenvalue weighted by Crippen LogP contribution is -2.20. The van der Waals surface area contributed by atoms with Gasteiger partial charge in [-0.2, -0.15) is 0 Å². The molecule has 2 aromatic rings. The zero-order valence-corrected chi connectivity index (χ0v) is 9.19. The van der Waals surface area contributed by atoms with E-state index in [-0.39, 0.29) is 5.56 Å². The quantitative estimate of drug-likeness (QED) is 0.642. The summed E-state index contributed by atoms with van der Waals surface area (Å²) in [7, 11) is 0. The SMILES string of the molecule is CC1Cn2c(nc3sccc3c2=O)S1. The average molecular weight is 224 g/mol. The van der Waals surface area contributed by atoms with Gasteiger partial charge in [0.05, 0.1) is 5.39 Å². The lowest BCUT2D eigenvalue weighted by Gasteiger charge is -1.99. The van der Waals surface area contributed by atoms with Crippen LogP contribution in [0.3, 0.4) is 0 Å². The van der Waals surface area contributed by atoms with Crippen molar-refractivity contribution in [3.8, 4) is 0 Å². The van der Waals surface area contributed by atoms with Crippen molar-refractivity contribution in [2.24, 2.45) is 0 Å². The van der Waals surface area contributed by atoms with Gasteiger partial charge in [-0.25, -0.2) is 4.98 Å². The Balaban J connectivity index is 2.41. The van der Waals surface area contributed by atoms with Crippen LogP contribution in [-0.4, -0.2) is 14.8 Å². The predicted molar refractivity (Wildman–Crippen MR) is 59.2 cm³/mol. The molecule has 0 saturated carbocycles. The minimum absolute atomic E-state index is 0.114. The third-order valence-corrected chi connectivity index (χ3v) is 4.18. The van der Waals surface area contributed by atoms with Crippen LogP contribution < -0.4 is 5.56 Å². The van der Waals surface area contributed by atoms with Crippen molar-refractivity contribution in [1.82, 2.24) is 9.55 Å². The molecule has 3 heterocycles. The summed E-state index contributed by atoms with van der Waals surface area (Å²) in [6.45, 7) is 2.91. The van der Waals surface area contributed by atoms with Gasteiger partial charge in [0.15, 0.2) is 5.16 Å². The van der Waals surface area contributed by atoms with E-state index in [0.717, 1.165) is 21.9 Å². The maximum atomic E-state index is 11.9. The third kappa shape index (κ3) is 1.05. The first-order valence-corrected chi connectivity index (χ1v) is 6.16. The first-order valence-electron chi connectivity index (χ1n) is 4.40. The van der Waals surface area contributed by atoms with Crippen molar-refractivity contribution in [3.05, 3.63) is 21.8 Å². The lowest BCUT2D eigenvalue weighted by atomic mass is 10.4. The molecule has 1 unspecified atom stereocenters. The number of hydrogen-bond donors (Lipinski definition) is 0. The van der Waals surface area contributed by atoms with Crippen LogP contribution in [-0.2, 0) is 6.54 Å². The van der Waals surface area contributed by atoms with Crippen molar-refractivity contribution in [3.63, 3.8) is 0 Å². The summed E-state index contributed by atoms with van der Waals surface area (Å²) < 4.78 is 1.78. The molecule has 1 atom stereocenters. The molecule has 0 saturated heterocycles. The monoisotopic (exact) mass is 224 g/mol. The molecule has 72 valence electrons. The largest absolute Gasteiger partial charge is 0.286 e. The Bertz CT molecular complexity index is 557. The molecule has 1 aliphatic heterocycles. The zero-order valence-electron chi connectivity index (χ0n) is 7.56. The molecule has 0 aromatic carbocycles. The number of nitrogens with zero attached hydrogens (tertiary/aromatic N) is 2. The highest BCUT2D eigenvalue weighted by Crippen LogP contribution is 2.30. The molecule has 5 heteroatoms. The summed E-state index contributed by atoms with van der Waals surface area (Å²) in [6.07, 6.45) is 0. The van der Waals surface area contributed by atoms with E-state index in [9.17, 15) is 4.79 Å². The summed E-state index contributed by atoms with van der Waals surface area (Å²) >= 11 is 3.21. The maximum Gasteiger partial charge on any atom is 0.262 e. The molecular formula is C9H8N2OS2. The molecule has 2 aromatic heterocycles. The van der Waals surface area contributed by atoms with E-state index >= 15 is 0 Å². The van der Waals surface area contributed by atoms with Crippen LogP contribution in [0, 0.1) is 0 Å². The standard InChI is InChI=1S/C9H8N2OS2/c1-5-4-11-8(12)6-2-3-13-7(6)10-9(11)14-5/h2-3,5H,4H2,1H3. The van der Waals surface area contributed by atoms with Crippen LogP contribution in [0.5, 0.6) is 0 Å². The highest BCUT2D eigenvalue weighted by Gasteiger charge is 2.22. The number of thiophene rings is 1. The van der Waals surface area contributed by atoms with Crippen molar-refractivity contribution >= 4 is 33.3 Å². The molecular weight excluding hydrogens is 216 g/mol. The van der Waals surface area contributed by atoms with E-state index < -0.39 is 0 Å². The van der Waals surface area contributed by atoms with Crippen LogP contribution in [0.15, 0.2) is 21.4 Å². The Hall–Kier alpha value is -0.810. The van der Waals surface area contributed by atoms with E-state index in [1.54, 1.807) is 16.3 Å².